The Morgan fingerprint density at radius 3 is 2.90 bits per heavy atom. The number of nitrogens with zero attached hydrogens (tertiary/aromatic N) is 2. The summed E-state index contributed by atoms with van der Waals surface area (Å²) in [5.74, 6) is 0. The van der Waals surface area contributed by atoms with Gasteiger partial charge in [-0.05, 0) is 12.6 Å². The molecule has 2 atom stereocenters. The predicted molar refractivity (Wildman–Crippen MR) is 80.9 cm³/mol. The van der Waals surface area contributed by atoms with Crippen molar-refractivity contribution in [1.82, 2.24) is 15.1 Å². The predicted octanol–water partition coefficient (Wildman–Crippen LogP) is 0.964. The van der Waals surface area contributed by atoms with Crippen molar-refractivity contribution in [3.63, 3.8) is 0 Å². The summed E-state index contributed by atoms with van der Waals surface area (Å²) >= 11 is 0. The number of ether oxygens (including phenoxy) is 1. The average molecular weight is 275 g/mol. The molecule has 2 saturated heterocycles. The minimum absolute atomic E-state index is 0.345. The van der Waals surface area contributed by atoms with E-state index in [1.165, 1.54) is 5.56 Å². The van der Waals surface area contributed by atoms with Crippen LogP contribution in [0, 0.1) is 0 Å². The maximum absolute atomic E-state index is 5.93. The smallest absolute Gasteiger partial charge is 0.0829 e. The van der Waals surface area contributed by atoms with Gasteiger partial charge in [0.2, 0.25) is 0 Å². The van der Waals surface area contributed by atoms with Crippen molar-refractivity contribution in [1.29, 1.82) is 0 Å². The van der Waals surface area contributed by atoms with Gasteiger partial charge in [-0.3, -0.25) is 4.90 Å². The Morgan fingerprint density at radius 1 is 1.25 bits per heavy atom. The number of morpholine rings is 1. The first-order valence-electron chi connectivity index (χ1n) is 7.63. The maximum Gasteiger partial charge on any atom is 0.0829 e. The van der Waals surface area contributed by atoms with Gasteiger partial charge in [0.25, 0.3) is 0 Å². The van der Waals surface area contributed by atoms with Gasteiger partial charge in [-0.15, -0.1) is 0 Å². The van der Waals surface area contributed by atoms with E-state index < -0.39 is 0 Å². The zero-order chi connectivity index (χ0) is 13.8. The molecular weight excluding hydrogens is 250 g/mol. The van der Waals surface area contributed by atoms with Gasteiger partial charge >= 0.3 is 0 Å². The van der Waals surface area contributed by atoms with Gasteiger partial charge in [0.05, 0.1) is 12.7 Å². The van der Waals surface area contributed by atoms with Crippen molar-refractivity contribution in [3.05, 3.63) is 35.9 Å². The number of rotatable bonds is 3. The molecule has 0 saturated carbocycles. The highest BCUT2D eigenvalue weighted by atomic mass is 16.5. The van der Waals surface area contributed by atoms with Crippen molar-refractivity contribution < 1.29 is 4.74 Å². The summed E-state index contributed by atoms with van der Waals surface area (Å²) in [5, 5.41) is 3.52. The quantitative estimate of drug-likeness (QED) is 0.889. The van der Waals surface area contributed by atoms with E-state index in [2.05, 4.69) is 52.5 Å². The third-order valence-corrected chi connectivity index (χ3v) is 4.32. The molecule has 2 unspecified atom stereocenters. The molecule has 0 bridgehead atoms. The lowest BCUT2D eigenvalue weighted by atomic mass is 10.0. The Balaban J connectivity index is 1.66. The lowest BCUT2D eigenvalue weighted by molar-refractivity contribution is -0.0440. The fraction of sp³-hybridized carbons (Fsp3) is 0.625. The summed E-state index contributed by atoms with van der Waals surface area (Å²) in [6.45, 7) is 7.21. The first-order valence-corrected chi connectivity index (χ1v) is 7.63. The molecule has 20 heavy (non-hydrogen) atoms. The van der Waals surface area contributed by atoms with Crippen LogP contribution in [-0.2, 0) is 4.74 Å². The number of hydrogen-bond donors (Lipinski definition) is 1. The first-order chi connectivity index (χ1) is 9.83. The summed E-state index contributed by atoms with van der Waals surface area (Å²) < 4.78 is 5.93. The fourth-order valence-electron chi connectivity index (χ4n) is 3.21. The highest BCUT2D eigenvalue weighted by Crippen LogP contribution is 2.22. The van der Waals surface area contributed by atoms with Gasteiger partial charge in [-0.1, -0.05) is 30.3 Å². The van der Waals surface area contributed by atoms with Crippen molar-refractivity contribution in [3.8, 4) is 0 Å². The van der Waals surface area contributed by atoms with E-state index in [4.69, 9.17) is 4.74 Å². The van der Waals surface area contributed by atoms with Gasteiger partial charge in [0.1, 0.15) is 0 Å². The SMILES string of the molecule is CN1CCOC(CN2CCNCC2c2ccccc2)C1. The molecule has 2 heterocycles. The number of piperazine rings is 1. The molecule has 3 rings (SSSR count). The van der Waals surface area contributed by atoms with E-state index in [-0.39, 0.29) is 0 Å². The topological polar surface area (TPSA) is 27.7 Å². The zero-order valence-corrected chi connectivity index (χ0v) is 12.3. The molecule has 1 N–H and O–H groups in total. The van der Waals surface area contributed by atoms with Crippen molar-refractivity contribution >= 4 is 0 Å². The Kier molecular flexibility index (Phi) is 4.68. The molecule has 0 radical (unpaired) electrons. The second-order valence-electron chi connectivity index (χ2n) is 5.88. The summed E-state index contributed by atoms with van der Waals surface area (Å²) in [7, 11) is 2.18. The van der Waals surface area contributed by atoms with E-state index in [0.29, 0.717) is 12.1 Å². The van der Waals surface area contributed by atoms with Crippen LogP contribution in [0.25, 0.3) is 0 Å². The number of nitrogens with one attached hydrogen (secondary N) is 1. The highest BCUT2D eigenvalue weighted by molar-refractivity contribution is 5.20. The average Bonchev–Trinajstić information content (AvgIpc) is 2.49. The zero-order valence-electron chi connectivity index (χ0n) is 12.3. The van der Waals surface area contributed by atoms with Gasteiger partial charge in [0.15, 0.2) is 0 Å². The first kappa shape index (κ1) is 14.0. The molecule has 4 heteroatoms. The summed E-state index contributed by atoms with van der Waals surface area (Å²) in [6, 6.07) is 11.3. The largest absolute Gasteiger partial charge is 0.374 e. The van der Waals surface area contributed by atoms with Crippen LogP contribution in [0.15, 0.2) is 30.3 Å². The van der Waals surface area contributed by atoms with E-state index in [0.717, 1.165) is 45.9 Å². The molecule has 0 spiro atoms. The number of likely N-dealkylation sites (N-methyl/N-ethyl adjacent to an activating group) is 1. The Labute approximate surface area is 121 Å². The second-order valence-corrected chi connectivity index (χ2v) is 5.88. The molecule has 1 aromatic carbocycles. The molecule has 1 aromatic rings. The van der Waals surface area contributed by atoms with E-state index >= 15 is 0 Å². The maximum atomic E-state index is 5.93. The third-order valence-electron chi connectivity index (χ3n) is 4.32. The lowest BCUT2D eigenvalue weighted by Crippen LogP contribution is -2.52. The van der Waals surface area contributed by atoms with Gasteiger partial charge in [-0.25, -0.2) is 0 Å². The number of benzene rings is 1. The molecule has 4 nitrogen and oxygen atoms in total. The van der Waals surface area contributed by atoms with Crippen LogP contribution in [0.1, 0.15) is 11.6 Å². The van der Waals surface area contributed by atoms with E-state index in [1.807, 2.05) is 0 Å². The van der Waals surface area contributed by atoms with Crippen LogP contribution in [0.2, 0.25) is 0 Å². The second kappa shape index (κ2) is 6.68. The molecule has 2 aliphatic heterocycles. The normalized spacial score (nSPS) is 29.4. The summed E-state index contributed by atoms with van der Waals surface area (Å²) in [5.41, 5.74) is 1.41. The molecule has 0 aromatic heterocycles. The van der Waals surface area contributed by atoms with Crippen molar-refractivity contribution in [2.24, 2.45) is 0 Å². The molecule has 110 valence electrons. The van der Waals surface area contributed by atoms with Gasteiger partial charge in [-0.2, -0.15) is 0 Å². The summed E-state index contributed by atoms with van der Waals surface area (Å²) in [6.07, 6.45) is 0.345. The van der Waals surface area contributed by atoms with Gasteiger partial charge < -0.3 is 15.0 Å². The van der Waals surface area contributed by atoms with Crippen LogP contribution >= 0.6 is 0 Å². The standard InChI is InChI=1S/C16H25N3O/c1-18-9-10-20-15(12-18)13-19-8-7-17-11-16(19)14-5-3-2-4-6-14/h2-6,15-17H,7-13H2,1H3. The number of hydrogen-bond acceptors (Lipinski definition) is 4. The molecule has 2 aliphatic rings. The molecular formula is C16H25N3O. The Hall–Kier alpha value is -0.940. The minimum Gasteiger partial charge on any atom is -0.374 e. The molecule has 2 fully saturated rings. The Bertz CT molecular complexity index is 411. The van der Waals surface area contributed by atoms with Crippen molar-refractivity contribution in [2.45, 2.75) is 12.1 Å². The van der Waals surface area contributed by atoms with E-state index in [9.17, 15) is 0 Å². The minimum atomic E-state index is 0.345. The van der Waals surface area contributed by atoms with Crippen LogP contribution in [0.5, 0.6) is 0 Å². The van der Waals surface area contributed by atoms with Crippen LogP contribution in [0.3, 0.4) is 0 Å². The summed E-state index contributed by atoms with van der Waals surface area (Å²) in [4.78, 5) is 4.95. The highest BCUT2D eigenvalue weighted by Gasteiger charge is 2.27. The Morgan fingerprint density at radius 2 is 2.10 bits per heavy atom. The third kappa shape index (κ3) is 3.38. The van der Waals surface area contributed by atoms with Crippen LogP contribution in [-0.4, -0.2) is 68.8 Å². The molecule has 0 aliphatic carbocycles. The lowest BCUT2D eigenvalue weighted by Gasteiger charge is -2.40. The fourth-order valence-corrected chi connectivity index (χ4v) is 3.21. The van der Waals surface area contributed by atoms with Crippen LogP contribution in [0.4, 0.5) is 0 Å². The van der Waals surface area contributed by atoms with Crippen molar-refractivity contribution in [2.75, 3.05) is 52.9 Å². The van der Waals surface area contributed by atoms with E-state index in [1.54, 1.807) is 0 Å². The van der Waals surface area contributed by atoms with Gasteiger partial charge in [0, 0.05) is 45.3 Å². The monoisotopic (exact) mass is 275 g/mol. The van der Waals surface area contributed by atoms with Crippen LogP contribution < -0.4 is 5.32 Å². The molecule has 0 amide bonds.